The van der Waals surface area contributed by atoms with Gasteiger partial charge in [-0.15, -0.1) is 12.4 Å². The predicted octanol–water partition coefficient (Wildman–Crippen LogP) is 2.22. The lowest BCUT2D eigenvalue weighted by Crippen LogP contribution is -2.52. The number of nitrogens with one attached hydrogen (secondary N) is 1. The molecule has 0 atom stereocenters. The number of halogens is 1. The lowest BCUT2D eigenvalue weighted by molar-refractivity contribution is 0.0886. The summed E-state index contributed by atoms with van der Waals surface area (Å²) in [6, 6.07) is 1.75. The van der Waals surface area contributed by atoms with Gasteiger partial charge in [-0.1, -0.05) is 19.0 Å². The van der Waals surface area contributed by atoms with E-state index in [2.05, 4.69) is 10.5 Å². The summed E-state index contributed by atoms with van der Waals surface area (Å²) < 4.78 is 5.18. The van der Waals surface area contributed by atoms with Gasteiger partial charge in [0.25, 0.3) is 5.91 Å². The van der Waals surface area contributed by atoms with Crippen LogP contribution in [0.4, 0.5) is 0 Å². The summed E-state index contributed by atoms with van der Waals surface area (Å²) in [5.74, 6) is 1.10. The number of aromatic nitrogens is 1. The van der Waals surface area contributed by atoms with Gasteiger partial charge < -0.3 is 15.6 Å². The van der Waals surface area contributed by atoms with E-state index < -0.39 is 0 Å². The van der Waals surface area contributed by atoms with Crippen molar-refractivity contribution in [3.63, 3.8) is 0 Å². The number of nitrogens with zero attached hydrogens (tertiary/aromatic N) is 1. The van der Waals surface area contributed by atoms with Gasteiger partial charge in [0.1, 0.15) is 5.76 Å². The maximum absolute atomic E-state index is 12.1. The van der Waals surface area contributed by atoms with Gasteiger partial charge in [-0.3, -0.25) is 4.79 Å². The number of hydrogen-bond donors (Lipinski definition) is 2. The molecule has 0 aromatic carbocycles. The van der Waals surface area contributed by atoms with Crippen LogP contribution in [-0.2, 0) is 0 Å². The Morgan fingerprint density at radius 1 is 1.53 bits per heavy atom. The molecule has 5 nitrogen and oxygen atoms in total. The van der Waals surface area contributed by atoms with Gasteiger partial charge >= 0.3 is 0 Å². The molecule has 1 aliphatic carbocycles. The molecule has 1 amide bonds. The first-order valence-corrected chi connectivity index (χ1v) is 6.63. The monoisotopic (exact) mass is 287 g/mol. The molecule has 1 saturated carbocycles. The lowest BCUT2D eigenvalue weighted by Gasteiger charge is -2.30. The first-order chi connectivity index (χ1) is 8.64. The van der Waals surface area contributed by atoms with Crippen LogP contribution in [0.5, 0.6) is 0 Å². The lowest BCUT2D eigenvalue weighted by atomic mass is 9.93. The standard InChI is InChI=1S/C13H21N3O2.ClH/c1-3-13(4-2,8-14)15-12(17)10-7-11(18-16-10)9-5-6-9;/h7,9H,3-6,8,14H2,1-2H3,(H,15,17);1H. The number of carbonyl (C=O) groups is 1. The van der Waals surface area contributed by atoms with E-state index in [1.54, 1.807) is 6.07 Å². The van der Waals surface area contributed by atoms with Gasteiger partial charge in [0.15, 0.2) is 5.69 Å². The largest absolute Gasteiger partial charge is 0.360 e. The molecule has 0 aliphatic heterocycles. The molecule has 0 unspecified atom stereocenters. The van der Waals surface area contributed by atoms with Crippen molar-refractivity contribution in [2.45, 2.75) is 51.0 Å². The van der Waals surface area contributed by atoms with Crippen LogP contribution in [0.15, 0.2) is 10.6 Å². The molecule has 6 heteroatoms. The van der Waals surface area contributed by atoms with Gasteiger partial charge in [-0.25, -0.2) is 0 Å². The van der Waals surface area contributed by atoms with E-state index in [9.17, 15) is 4.79 Å². The van der Waals surface area contributed by atoms with E-state index in [1.165, 1.54) is 0 Å². The van der Waals surface area contributed by atoms with Crippen molar-refractivity contribution in [3.05, 3.63) is 17.5 Å². The Kier molecular flexibility index (Phi) is 5.38. The molecule has 19 heavy (non-hydrogen) atoms. The molecule has 2 rings (SSSR count). The summed E-state index contributed by atoms with van der Waals surface area (Å²) >= 11 is 0. The number of rotatable bonds is 6. The van der Waals surface area contributed by atoms with Crippen LogP contribution in [-0.4, -0.2) is 23.1 Å². The molecule has 1 aliphatic rings. The summed E-state index contributed by atoms with van der Waals surface area (Å²) in [6.45, 7) is 4.48. The molecule has 0 bridgehead atoms. The van der Waals surface area contributed by atoms with Crippen molar-refractivity contribution in [3.8, 4) is 0 Å². The third kappa shape index (κ3) is 3.48. The van der Waals surface area contributed by atoms with Crippen molar-refractivity contribution in [2.75, 3.05) is 6.54 Å². The van der Waals surface area contributed by atoms with Gasteiger partial charge in [-0.2, -0.15) is 0 Å². The van der Waals surface area contributed by atoms with Crippen LogP contribution in [0.2, 0.25) is 0 Å². The minimum absolute atomic E-state index is 0. The van der Waals surface area contributed by atoms with Crippen molar-refractivity contribution in [2.24, 2.45) is 5.73 Å². The van der Waals surface area contributed by atoms with Gasteiger partial charge in [0, 0.05) is 18.5 Å². The quantitative estimate of drug-likeness (QED) is 0.840. The molecule has 0 radical (unpaired) electrons. The molecule has 1 fully saturated rings. The zero-order valence-corrected chi connectivity index (χ0v) is 12.3. The highest BCUT2D eigenvalue weighted by atomic mass is 35.5. The maximum Gasteiger partial charge on any atom is 0.273 e. The molecule has 1 heterocycles. The second-order valence-corrected chi connectivity index (χ2v) is 5.03. The molecule has 0 spiro atoms. The first kappa shape index (κ1) is 16.0. The summed E-state index contributed by atoms with van der Waals surface area (Å²) in [5.41, 5.74) is 5.78. The number of carbonyl (C=O) groups excluding carboxylic acids is 1. The molecule has 1 aromatic rings. The fourth-order valence-electron chi connectivity index (χ4n) is 2.03. The minimum atomic E-state index is -0.338. The molecule has 0 saturated heterocycles. The van der Waals surface area contributed by atoms with Crippen LogP contribution in [0.1, 0.15) is 61.7 Å². The number of hydrogen-bond acceptors (Lipinski definition) is 4. The van der Waals surface area contributed by atoms with Gasteiger partial charge in [0.2, 0.25) is 0 Å². The van der Waals surface area contributed by atoms with Crippen LogP contribution >= 0.6 is 12.4 Å². The fraction of sp³-hybridized carbons (Fsp3) is 0.692. The van der Waals surface area contributed by atoms with Crippen LogP contribution in [0, 0.1) is 0 Å². The molecule has 108 valence electrons. The topological polar surface area (TPSA) is 81.1 Å². The van der Waals surface area contributed by atoms with Gasteiger partial charge in [0.05, 0.1) is 5.54 Å². The van der Waals surface area contributed by atoms with E-state index in [0.717, 1.165) is 31.4 Å². The third-order valence-corrected chi connectivity index (χ3v) is 3.86. The molecular weight excluding hydrogens is 266 g/mol. The second kappa shape index (κ2) is 6.39. The Labute approximate surface area is 119 Å². The second-order valence-electron chi connectivity index (χ2n) is 5.03. The van der Waals surface area contributed by atoms with Crippen LogP contribution < -0.4 is 11.1 Å². The van der Waals surface area contributed by atoms with E-state index >= 15 is 0 Å². The Morgan fingerprint density at radius 3 is 2.63 bits per heavy atom. The molecule has 1 aromatic heterocycles. The first-order valence-electron chi connectivity index (χ1n) is 6.63. The average molecular weight is 288 g/mol. The van der Waals surface area contributed by atoms with Gasteiger partial charge in [-0.05, 0) is 25.7 Å². The van der Waals surface area contributed by atoms with E-state index in [4.69, 9.17) is 10.3 Å². The SMILES string of the molecule is CCC(CC)(CN)NC(=O)c1cc(C2CC2)on1.Cl. The van der Waals surface area contributed by atoms with Crippen LogP contribution in [0.3, 0.4) is 0 Å². The van der Waals surface area contributed by atoms with Crippen molar-refractivity contribution in [1.29, 1.82) is 0 Å². The minimum Gasteiger partial charge on any atom is -0.360 e. The highest BCUT2D eigenvalue weighted by Crippen LogP contribution is 2.40. The van der Waals surface area contributed by atoms with Crippen molar-refractivity contribution in [1.82, 2.24) is 10.5 Å². The number of nitrogens with two attached hydrogens (primary N) is 1. The van der Waals surface area contributed by atoms with E-state index in [-0.39, 0.29) is 23.9 Å². The maximum atomic E-state index is 12.1. The predicted molar refractivity (Wildman–Crippen MR) is 75.6 cm³/mol. The number of amides is 1. The third-order valence-electron chi connectivity index (χ3n) is 3.86. The smallest absolute Gasteiger partial charge is 0.273 e. The zero-order chi connectivity index (χ0) is 13.2. The Bertz CT molecular complexity index is 417. The summed E-state index contributed by atoms with van der Waals surface area (Å²) in [4.78, 5) is 12.1. The Morgan fingerprint density at radius 2 is 2.16 bits per heavy atom. The highest BCUT2D eigenvalue weighted by Gasteiger charge is 2.31. The highest BCUT2D eigenvalue weighted by molar-refractivity contribution is 5.92. The zero-order valence-electron chi connectivity index (χ0n) is 11.4. The van der Waals surface area contributed by atoms with Crippen molar-refractivity contribution >= 4 is 18.3 Å². The summed E-state index contributed by atoms with van der Waals surface area (Å²) in [6.07, 6.45) is 3.87. The summed E-state index contributed by atoms with van der Waals surface area (Å²) in [5, 5.41) is 6.82. The van der Waals surface area contributed by atoms with Crippen molar-refractivity contribution < 1.29 is 9.32 Å². The van der Waals surface area contributed by atoms with E-state index in [0.29, 0.717) is 18.2 Å². The fourth-order valence-corrected chi connectivity index (χ4v) is 2.03. The molecular formula is C13H22ClN3O2. The van der Waals surface area contributed by atoms with Crippen LogP contribution in [0.25, 0.3) is 0 Å². The summed E-state index contributed by atoms with van der Waals surface area (Å²) in [7, 11) is 0. The van der Waals surface area contributed by atoms with E-state index in [1.807, 2.05) is 13.8 Å². The average Bonchev–Trinajstić information content (AvgIpc) is 3.13. The Balaban J connectivity index is 0.00000180. The molecule has 3 N–H and O–H groups in total. The Hall–Kier alpha value is -1.07. The normalized spacial score (nSPS) is 14.9.